The maximum absolute atomic E-state index is 13.0. The molecule has 2 aromatic heterocycles. The predicted molar refractivity (Wildman–Crippen MR) is 131 cm³/mol. The van der Waals surface area contributed by atoms with Gasteiger partial charge in [0.25, 0.3) is 5.91 Å². The number of fused-ring (bicyclic) bond motifs is 2. The summed E-state index contributed by atoms with van der Waals surface area (Å²) in [6.45, 7) is 5.81. The Balaban J connectivity index is 1.50. The minimum absolute atomic E-state index is 0.0381. The Morgan fingerprint density at radius 3 is 2.71 bits per heavy atom. The minimum Gasteiger partial charge on any atom is -0.481 e. The number of carbonyl (C=O) groups excluding carboxylic acids is 1. The molecule has 1 aliphatic heterocycles. The number of carbonyl (C=O) groups is 2. The summed E-state index contributed by atoms with van der Waals surface area (Å²) in [5, 5.41) is 18.3. The van der Waals surface area contributed by atoms with Gasteiger partial charge in [-0.05, 0) is 66.3 Å². The van der Waals surface area contributed by atoms with Crippen LogP contribution in [0.4, 0.5) is 0 Å². The fraction of sp³-hybridized carbons (Fsp3) is 0.296. The molecule has 1 N–H and O–H groups in total. The van der Waals surface area contributed by atoms with Gasteiger partial charge in [0.05, 0.1) is 11.9 Å². The van der Waals surface area contributed by atoms with Crippen LogP contribution in [0, 0.1) is 6.92 Å². The van der Waals surface area contributed by atoms with E-state index in [0.29, 0.717) is 25.3 Å². The lowest BCUT2D eigenvalue weighted by Crippen LogP contribution is -2.36. The molecule has 5 rings (SSSR count). The average Bonchev–Trinajstić information content (AvgIpc) is 3.31. The Labute approximate surface area is 203 Å². The lowest BCUT2D eigenvalue weighted by molar-refractivity contribution is -0.137. The van der Waals surface area contributed by atoms with Crippen LogP contribution in [0.5, 0.6) is 0 Å². The molecule has 8 heteroatoms. The maximum atomic E-state index is 13.0. The SMILES string of the molecule is CCn1nnc2c(C)c(C(CC(=O)O)c3ccc4c(c3)CN(C(=O)c3ccccn3)CC4)ccc21. The first-order valence-corrected chi connectivity index (χ1v) is 11.8. The highest BCUT2D eigenvalue weighted by Gasteiger charge is 2.26. The topological polar surface area (TPSA) is 101 Å². The molecule has 0 saturated heterocycles. The Morgan fingerprint density at radius 1 is 1.11 bits per heavy atom. The number of nitrogens with zero attached hydrogens (tertiary/aromatic N) is 5. The number of aryl methyl sites for hydroxylation is 2. The summed E-state index contributed by atoms with van der Waals surface area (Å²) in [5.41, 5.74) is 7.19. The Kier molecular flexibility index (Phi) is 6.03. The third-order valence-corrected chi connectivity index (χ3v) is 6.85. The smallest absolute Gasteiger partial charge is 0.304 e. The van der Waals surface area contributed by atoms with E-state index in [0.717, 1.165) is 39.7 Å². The van der Waals surface area contributed by atoms with Gasteiger partial charge in [0.1, 0.15) is 11.2 Å². The molecule has 1 atom stereocenters. The van der Waals surface area contributed by atoms with Crippen molar-refractivity contribution >= 4 is 22.9 Å². The Hall–Kier alpha value is -4.07. The number of hydrogen-bond acceptors (Lipinski definition) is 5. The van der Waals surface area contributed by atoms with Crippen molar-refractivity contribution in [3.63, 3.8) is 0 Å². The van der Waals surface area contributed by atoms with Crippen LogP contribution in [0.15, 0.2) is 54.7 Å². The van der Waals surface area contributed by atoms with Crippen LogP contribution in [-0.2, 0) is 24.3 Å². The first-order chi connectivity index (χ1) is 17.0. The average molecular weight is 470 g/mol. The molecule has 2 aromatic carbocycles. The molecule has 1 unspecified atom stereocenters. The summed E-state index contributed by atoms with van der Waals surface area (Å²) in [5.74, 6) is -1.30. The number of aliphatic carboxylic acids is 1. The zero-order valence-corrected chi connectivity index (χ0v) is 19.8. The number of rotatable bonds is 6. The number of aromatic nitrogens is 4. The first kappa shape index (κ1) is 22.7. The van der Waals surface area contributed by atoms with Gasteiger partial charge in [0.2, 0.25) is 0 Å². The van der Waals surface area contributed by atoms with Crippen molar-refractivity contribution in [3.05, 3.63) is 88.2 Å². The highest BCUT2D eigenvalue weighted by Crippen LogP contribution is 2.35. The third-order valence-electron chi connectivity index (χ3n) is 6.85. The van der Waals surface area contributed by atoms with Gasteiger partial charge in [-0.25, -0.2) is 4.68 Å². The Bertz CT molecular complexity index is 1410. The fourth-order valence-corrected chi connectivity index (χ4v) is 4.99. The molecule has 8 nitrogen and oxygen atoms in total. The van der Waals surface area contributed by atoms with Crippen molar-refractivity contribution < 1.29 is 14.7 Å². The van der Waals surface area contributed by atoms with Crippen molar-refractivity contribution in [2.75, 3.05) is 6.54 Å². The Morgan fingerprint density at radius 2 is 1.97 bits per heavy atom. The second-order valence-electron chi connectivity index (χ2n) is 8.92. The third kappa shape index (κ3) is 4.27. The molecule has 178 valence electrons. The first-order valence-electron chi connectivity index (χ1n) is 11.8. The van der Waals surface area contributed by atoms with E-state index in [4.69, 9.17) is 0 Å². The molecule has 35 heavy (non-hydrogen) atoms. The van der Waals surface area contributed by atoms with Gasteiger partial charge in [-0.3, -0.25) is 14.6 Å². The van der Waals surface area contributed by atoms with Crippen LogP contribution in [0.1, 0.15) is 57.6 Å². The van der Waals surface area contributed by atoms with Crippen LogP contribution < -0.4 is 0 Å². The lowest BCUT2D eigenvalue weighted by Gasteiger charge is -2.30. The molecule has 0 spiro atoms. The molecule has 1 amide bonds. The molecule has 1 aliphatic rings. The molecule has 3 heterocycles. The van der Waals surface area contributed by atoms with E-state index in [1.807, 2.05) is 42.8 Å². The summed E-state index contributed by atoms with van der Waals surface area (Å²) in [7, 11) is 0. The highest BCUT2D eigenvalue weighted by molar-refractivity contribution is 5.92. The van der Waals surface area contributed by atoms with Crippen molar-refractivity contribution in [2.24, 2.45) is 0 Å². The minimum atomic E-state index is -0.864. The maximum Gasteiger partial charge on any atom is 0.304 e. The van der Waals surface area contributed by atoms with Crippen LogP contribution in [-0.4, -0.2) is 48.4 Å². The number of pyridine rings is 1. The van der Waals surface area contributed by atoms with Gasteiger partial charge in [-0.1, -0.05) is 35.5 Å². The zero-order valence-electron chi connectivity index (χ0n) is 19.8. The monoisotopic (exact) mass is 469 g/mol. The van der Waals surface area contributed by atoms with E-state index in [-0.39, 0.29) is 18.2 Å². The van der Waals surface area contributed by atoms with E-state index in [2.05, 4.69) is 27.4 Å². The van der Waals surface area contributed by atoms with Crippen molar-refractivity contribution in [1.29, 1.82) is 0 Å². The van der Waals surface area contributed by atoms with Crippen molar-refractivity contribution in [1.82, 2.24) is 24.9 Å². The molecule has 0 radical (unpaired) electrons. The molecule has 0 fully saturated rings. The van der Waals surface area contributed by atoms with Crippen LogP contribution in [0.25, 0.3) is 11.0 Å². The van der Waals surface area contributed by atoms with Gasteiger partial charge in [0.15, 0.2) is 0 Å². The van der Waals surface area contributed by atoms with Crippen LogP contribution in [0.3, 0.4) is 0 Å². The van der Waals surface area contributed by atoms with Gasteiger partial charge >= 0.3 is 5.97 Å². The molecule has 4 aromatic rings. The number of carboxylic acid groups (broad SMARTS) is 1. The second kappa shape index (κ2) is 9.29. The molecule has 0 bridgehead atoms. The van der Waals surface area contributed by atoms with E-state index in [1.165, 1.54) is 5.56 Å². The second-order valence-corrected chi connectivity index (χ2v) is 8.92. The van der Waals surface area contributed by atoms with Crippen molar-refractivity contribution in [2.45, 2.75) is 45.7 Å². The standard InChI is InChI=1S/C27H27N5O3/c1-3-32-24-10-9-21(17(2)26(24)29-30-32)22(15-25(33)34)19-8-7-18-11-13-31(16-20(18)14-19)27(35)23-6-4-5-12-28-23/h4-10,12,14,22H,3,11,13,15-16H2,1-2H3,(H,33,34). The summed E-state index contributed by atoms with van der Waals surface area (Å²) < 4.78 is 1.84. The van der Waals surface area contributed by atoms with E-state index < -0.39 is 5.97 Å². The van der Waals surface area contributed by atoms with Crippen LogP contribution in [0.2, 0.25) is 0 Å². The number of hydrogen-bond donors (Lipinski definition) is 1. The van der Waals surface area contributed by atoms with E-state index in [9.17, 15) is 14.7 Å². The normalized spacial score (nSPS) is 14.1. The number of amides is 1. The molecule has 0 aliphatic carbocycles. The van der Waals surface area contributed by atoms with Gasteiger partial charge in [-0.2, -0.15) is 0 Å². The van der Waals surface area contributed by atoms with E-state index >= 15 is 0 Å². The molecular formula is C27H27N5O3. The van der Waals surface area contributed by atoms with Crippen LogP contribution >= 0.6 is 0 Å². The highest BCUT2D eigenvalue weighted by atomic mass is 16.4. The summed E-state index contributed by atoms with van der Waals surface area (Å²) in [4.78, 5) is 30.8. The quantitative estimate of drug-likeness (QED) is 0.459. The van der Waals surface area contributed by atoms with Crippen molar-refractivity contribution in [3.8, 4) is 0 Å². The van der Waals surface area contributed by atoms with E-state index in [1.54, 1.807) is 23.2 Å². The number of carboxylic acids is 1. The lowest BCUT2D eigenvalue weighted by atomic mass is 9.83. The van der Waals surface area contributed by atoms with Gasteiger partial charge < -0.3 is 10.0 Å². The van der Waals surface area contributed by atoms with Gasteiger partial charge in [0, 0.05) is 31.7 Å². The number of benzene rings is 2. The zero-order chi connectivity index (χ0) is 24.5. The fourth-order valence-electron chi connectivity index (χ4n) is 4.99. The molecule has 0 saturated carbocycles. The molecular weight excluding hydrogens is 442 g/mol. The predicted octanol–water partition coefficient (Wildman–Crippen LogP) is 3.96. The summed E-state index contributed by atoms with van der Waals surface area (Å²) in [6.07, 6.45) is 2.34. The largest absolute Gasteiger partial charge is 0.481 e. The summed E-state index contributed by atoms with van der Waals surface area (Å²) >= 11 is 0. The summed E-state index contributed by atoms with van der Waals surface area (Å²) in [6, 6.07) is 15.5. The van der Waals surface area contributed by atoms with Gasteiger partial charge in [-0.15, -0.1) is 5.10 Å².